The van der Waals surface area contributed by atoms with Gasteiger partial charge in [-0.3, -0.25) is 9.10 Å². The van der Waals surface area contributed by atoms with Crippen molar-refractivity contribution in [1.29, 1.82) is 0 Å². The molecule has 0 aliphatic carbocycles. The molecule has 25 heavy (non-hydrogen) atoms. The second kappa shape index (κ2) is 6.46. The second-order valence-corrected chi connectivity index (χ2v) is 10.2. The Labute approximate surface area is 152 Å². The van der Waals surface area contributed by atoms with Crippen LogP contribution in [0.2, 0.25) is 0 Å². The van der Waals surface area contributed by atoms with E-state index in [1.54, 1.807) is 23.6 Å². The molecule has 1 amide bonds. The van der Waals surface area contributed by atoms with Crippen molar-refractivity contribution in [2.75, 3.05) is 16.2 Å². The average molecular weight is 379 g/mol. The molecule has 2 aromatic rings. The van der Waals surface area contributed by atoms with Crippen molar-refractivity contribution in [2.45, 2.75) is 37.8 Å². The molecule has 1 aliphatic rings. The van der Waals surface area contributed by atoms with E-state index in [-0.39, 0.29) is 5.91 Å². The first-order valence-corrected chi connectivity index (χ1v) is 10.5. The van der Waals surface area contributed by atoms with Gasteiger partial charge in [-0.25, -0.2) is 8.42 Å². The Bertz CT molecular complexity index is 882. The van der Waals surface area contributed by atoms with E-state index in [0.29, 0.717) is 22.1 Å². The van der Waals surface area contributed by atoms with Gasteiger partial charge in [0, 0.05) is 17.6 Å². The van der Waals surface area contributed by atoms with Crippen LogP contribution >= 0.6 is 11.3 Å². The summed E-state index contributed by atoms with van der Waals surface area (Å²) in [5.41, 5.74) is 1.75. The van der Waals surface area contributed by atoms with Crippen LogP contribution in [-0.2, 0) is 21.2 Å². The summed E-state index contributed by atoms with van der Waals surface area (Å²) in [6.07, 6.45) is 1.62. The Morgan fingerprint density at radius 2 is 2.00 bits per heavy atom. The second-order valence-electron chi connectivity index (χ2n) is 7.16. The first-order chi connectivity index (χ1) is 11.7. The molecule has 0 spiro atoms. The molecule has 1 N–H and O–H groups in total. The lowest BCUT2D eigenvalue weighted by Gasteiger charge is -2.30. The summed E-state index contributed by atoms with van der Waals surface area (Å²) < 4.78 is 27.7. The van der Waals surface area contributed by atoms with E-state index in [9.17, 15) is 13.2 Å². The van der Waals surface area contributed by atoms with E-state index in [0.717, 1.165) is 18.4 Å². The van der Waals surface area contributed by atoms with Crippen LogP contribution < -0.4 is 9.62 Å². The maximum atomic E-state index is 13.0. The normalized spacial score (nSPS) is 14.9. The van der Waals surface area contributed by atoms with Gasteiger partial charge in [0.15, 0.2) is 0 Å². The summed E-state index contributed by atoms with van der Waals surface area (Å²) in [6, 6.07) is 8.87. The van der Waals surface area contributed by atoms with Crippen LogP contribution in [-0.4, -0.2) is 20.9 Å². The van der Waals surface area contributed by atoms with Crippen LogP contribution in [0.1, 0.15) is 32.8 Å². The lowest BCUT2D eigenvalue weighted by atomic mass is 9.95. The fourth-order valence-corrected chi connectivity index (χ4v) is 5.34. The van der Waals surface area contributed by atoms with Crippen molar-refractivity contribution in [3.8, 4) is 0 Å². The maximum Gasteiger partial charge on any atom is 0.273 e. The summed E-state index contributed by atoms with van der Waals surface area (Å²) in [7, 11) is -3.57. The van der Waals surface area contributed by atoms with E-state index in [4.69, 9.17) is 0 Å². The van der Waals surface area contributed by atoms with Crippen LogP contribution in [0.5, 0.6) is 0 Å². The molecule has 0 unspecified atom stereocenters. The summed E-state index contributed by atoms with van der Waals surface area (Å²) in [5, 5.41) is 4.64. The average Bonchev–Trinajstić information content (AvgIpc) is 3.08. The van der Waals surface area contributed by atoms with Crippen molar-refractivity contribution in [3.63, 3.8) is 0 Å². The number of hydrogen-bond donors (Lipinski definition) is 1. The highest BCUT2D eigenvalue weighted by atomic mass is 32.2. The molecule has 0 saturated heterocycles. The summed E-state index contributed by atoms with van der Waals surface area (Å²) in [6.45, 7) is 5.97. The molecule has 7 heteroatoms. The van der Waals surface area contributed by atoms with Crippen LogP contribution in [0.3, 0.4) is 0 Å². The van der Waals surface area contributed by atoms with Crippen LogP contribution in [0.25, 0.3) is 0 Å². The number of fused-ring (bicyclic) bond motifs is 1. The number of nitrogens with one attached hydrogen (secondary N) is 1. The number of carbonyl (C=O) groups excluding carboxylic acids is 1. The van der Waals surface area contributed by atoms with Gasteiger partial charge < -0.3 is 5.32 Å². The predicted octanol–water partition coefficient (Wildman–Crippen LogP) is 3.87. The first kappa shape index (κ1) is 17.9. The minimum atomic E-state index is -3.57. The van der Waals surface area contributed by atoms with Crippen molar-refractivity contribution in [3.05, 3.63) is 41.3 Å². The molecule has 0 saturated carbocycles. The summed E-state index contributed by atoms with van der Waals surface area (Å²) >= 11 is 1.22. The zero-order valence-corrected chi connectivity index (χ0v) is 16.2. The quantitative estimate of drug-likeness (QED) is 0.881. The smallest absolute Gasteiger partial charge is 0.273 e. The third-order valence-corrected chi connectivity index (χ3v) is 7.33. The first-order valence-electron chi connectivity index (χ1n) is 8.20. The lowest BCUT2D eigenvalue weighted by Crippen LogP contribution is -2.35. The lowest BCUT2D eigenvalue weighted by molar-refractivity contribution is -0.123. The minimum absolute atomic E-state index is 0.101. The molecule has 1 aromatic heterocycles. The predicted molar refractivity (Wildman–Crippen MR) is 102 cm³/mol. The van der Waals surface area contributed by atoms with Gasteiger partial charge in [0.1, 0.15) is 4.21 Å². The number of benzene rings is 1. The Hall–Kier alpha value is -1.86. The highest BCUT2D eigenvalue weighted by Crippen LogP contribution is 2.35. The number of carbonyl (C=O) groups is 1. The standard InChI is InChI=1S/C18H22N2O3S2/c1-18(2,3)17(21)19-14-9-8-13-6-4-10-20(15(13)12-14)25(22,23)16-7-5-11-24-16/h5,7-9,11-12H,4,6,10H2,1-3H3,(H,19,21). The zero-order valence-electron chi connectivity index (χ0n) is 14.6. The molecule has 1 aromatic carbocycles. The van der Waals surface area contributed by atoms with Crippen LogP contribution in [0.15, 0.2) is 39.9 Å². The fraction of sp³-hybridized carbons (Fsp3) is 0.389. The van der Waals surface area contributed by atoms with E-state index >= 15 is 0 Å². The Kier molecular flexibility index (Phi) is 4.64. The molecule has 0 bridgehead atoms. The minimum Gasteiger partial charge on any atom is -0.326 e. The van der Waals surface area contributed by atoms with Gasteiger partial charge in [0.05, 0.1) is 5.69 Å². The third-order valence-electron chi connectivity index (χ3n) is 4.14. The van der Waals surface area contributed by atoms with Crippen molar-refractivity contribution >= 4 is 38.6 Å². The largest absolute Gasteiger partial charge is 0.326 e. The fourth-order valence-electron chi connectivity index (χ4n) is 2.71. The van der Waals surface area contributed by atoms with E-state index in [2.05, 4.69) is 5.32 Å². The number of amides is 1. The maximum absolute atomic E-state index is 13.0. The Morgan fingerprint density at radius 3 is 2.64 bits per heavy atom. The number of aryl methyl sites for hydroxylation is 1. The van der Waals surface area contributed by atoms with Gasteiger partial charge in [0.25, 0.3) is 10.0 Å². The van der Waals surface area contributed by atoms with Crippen molar-refractivity contribution in [2.24, 2.45) is 5.41 Å². The molecule has 2 heterocycles. The van der Waals surface area contributed by atoms with Gasteiger partial charge >= 0.3 is 0 Å². The SMILES string of the molecule is CC(C)(C)C(=O)Nc1ccc2c(c1)N(S(=O)(=O)c1cccs1)CCC2. The van der Waals surface area contributed by atoms with E-state index in [1.165, 1.54) is 15.6 Å². The summed E-state index contributed by atoms with van der Waals surface area (Å²) in [5.74, 6) is -0.101. The molecule has 0 fully saturated rings. The van der Waals surface area contributed by atoms with E-state index in [1.807, 2.05) is 32.9 Å². The van der Waals surface area contributed by atoms with Gasteiger partial charge in [-0.15, -0.1) is 11.3 Å². The Balaban J connectivity index is 1.98. The topological polar surface area (TPSA) is 66.5 Å². The number of anilines is 2. The molecular weight excluding hydrogens is 356 g/mol. The monoisotopic (exact) mass is 378 g/mol. The highest BCUT2D eigenvalue weighted by molar-refractivity contribution is 7.94. The Morgan fingerprint density at radius 1 is 1.24 bits per heavy atom. The molecule has 134 valence electrons. The number of hydrogen-bond acceptors (Lipinski definition) is 4. The number of sulfonamides is 1. The van der Waals surface area contributed by atoms with Gasteiger partial charge in [-0.1, -0.05) is 32.9 Å². The van der Waals surface area contributed by atoms with Gasteiger partial charge in [-0.05, 0) is 42.0 Å². The molecule has 0 radical (unpaired) electrons. The zero-order chi connectivity index (χ0) is 18.2. The van der Waals surface area contributed by atoms with Gasteiger partial charge in [0.2, 0.25) is 5.91 Å². The molecule has 5 nitrogen and oxygen atoms in total. The van der Waals surface area contributed by atoms with Crippen molar-refractivity contribution in [1.82, 2.24) is 0 Å². The van der Waals surface area contributed by atoms with Crippen LogP contribution in [0, 0.1) is 5.41 Å². The number of nitrogens with zero attached hydrogens (tertiary/aromatic N) is 1. The van der Waals surface area contributed by atoms with E-state index < -0.39 is 15.4 Å². The number of thiophene rings is 1. The number of rotatable bonds is 3. The van der Waals surface area contributed by atoms with Crippen LogP contribution in [0.4, 0.5) is 11.4 Å². The molecule has 3 rings (SSSR count). The molecule has 0 atom stereocenters. The molecule has 1 aliphatic heterocycles. The summed E-state index contributed by atoms with van der Waals surface area (Å²) in [4.78, 5) is 12.2. The van der Waals surface area contributed by atoms with Crippen molar-refractivity contribution < 1.29 is 13.2 Å². The molecular formula is C18H22N2O3S2. The van der Waals surface area contributed by atoms with Gasteiger partial charge in [-0.2, -0.15) is 0 Å². The highest BCUT2D eigenvalue weighted by Gasteiger charge is 2.30. The third kappa shape index (κ3) is 3.57.